The summed E-state index contributed by atoms with van der Waals surface area (Å²) in [5, 5.41) is 1.26. The first-order chi connectivity index (χ1) is 7.53. The molecule has 1 unspecified atom stereocenters. The van der Waals surface area contributed by atoms with Gasteiger partial charge in [-0.25, -0.2) is 8.42 Å². The molecule has 0 aromatic heterocycles. The van der Waals surface area contributed by atoms with E-state index in [1.54, 1.807) is 6.08 Å². The summed E-state index contributed by atoms with van der Waals surface area (Å²) in [5.74, 6) is 0.0951. The van der Waals surface area contributed by atoms with Gasteiger partial charge in [-0.05, 0) is 24.1 Å². The highest BCUT2D eigenvalue weighted by Crippen LogP contribution is 2.06. The molecule has 0 saturated heterocycles. The van der Waals surface area contributed by atoms with E-state index in [9.17, 15) is 8.42 Å². The van der Waals surface area contributed by atoms with Crippen molar-refractivity contribution in [3.05, 3.63) is 41.3 Å². The largest absolute Gasteiger partial charge is 0.330 e. The van der Waals surface area contributed by atoms with E-state index in [0.29, 0.717) is 6.54 Å². The third kappa shape index (κ3) is 4.59. The van der Waals surface area contributed by atoms with E-state index in [1.165, 1.54) is 5.41 Å². The summed E-state index contributed by atoms with van der Waals surface area (Å²) in [6.07, 6.45) is 1.61. The minimum Gasteiger partial charge on any atom is -0.330 e. The van der Waals surface area contributed by atoms with E-state index in [0.717, 1.165) is 5.56 Å². The van der Waals surface area contributed by atoms with Crippen molar-refractivity contribution in [1.82, 2.24) is 0 Å². The van der Waals surface area contributed by atoms with Crippen molar-refractivity contribution >= 4 is 15.9 Å². The lowest BCUT2D eigenvalue weighted by Gasteiger charge is -2.05. The zero-order chi connectivity index (χ0) is 12.0. The van der Waals surface area contributed by atoms with Crippen LogP contribution < -0.4 is 5.73 Å². The number of hydrogen-bond donors (Lipinski definition) is 1. The van der Waals surface area contributed by atoms with Crippen LogP contribution in [-0.4, -0.2) is 20.7 Å². The molecule has 0 aliphatic carbocycles. The molecule has 0 bridgehead atoms. The highest BCUT2D eigenvalue weighted by molar-refractivity contribution is 7.94. The molecule has 4 heteroatoms. The summed E-state index contributed by atoms with van der Waals surface area (Å²) in [5.41, 5.74) is 6.28. The summed E-state index contributed by atoms with van der Waals surface area (Å²) in [6, 6.07) is 9.35. The molecule has 0 fully saturated rings. The monoisotopic (exact) mass is 239 g/mol. The molecule has 1 rings (SSSR count). The average Bonchev–Trinajstić information content (AvgIpc) is 2.27. The highest BCUT2D eigenvalue weighted by atomic mass is 32.2. The number of sulfone groups is 1. The van der Waals surface area contributed by atoms with E-state index in [4.69, 9.17) is 5.73 Å². The van der Waals surface area contributed by atoms with Crippen LogP contribution in [0.5, 0.6) is 0 Å². The fourth-order valence-electron chi connectivity index (χ4n) is 1.27. The maximum atomic E-state index is 11.6. The average molecular weight is 239 g/mol. The molecular formula is C12H17NO2S. The molecule has 0 spiro atoms. The topological polar surface area (TPSA) is 60.2 Å². The molecular weight excluding hydrogens is 222 g/mol. The van der Waals surface area contributed by atoms with Gasteiger partial charge in [-0.15, -0.1) is 0 Å². The SMILES string of the molecule is CC(CN)CS(=O)(=O)C=Cc1ccccc1. The lowest BCUT2D eigenvalue weighted by Crippen LogP contribution is -2.19. The molecule has 16 heavy (non-hydrogen) atoms. The Morgan fingerprint density at radius 3 is 2.50 bits per heavy atom. The summed E-state index contributed by atoms with van der Waals surface area (Å²) in [7, 11) is -3.15. The van der Waals surface area contributed by atoms with Crippen molar-refractivity contribution in [2.24, 2.45) is 11.7 Å². The van der Waals surface area contributed by atoms with Gasteiger partial charge in [0.05, 0.1) is 5.75 Å². The van der Waals surface area contributed by atoms with Crippen LogP contribution in [0.25, 0.3) is 6.08 Å². The summed E-state index contributed by atoms with van der Waals surface area (Å²) < 4.78 is 23.3. The third-order valence-electron chi connectivity index (χ3n) is 2.19. The van der Waals surface area contributed by atoms with E-state index in [2.05, 4.69) is 0 Å². The maximum Gasteiger partial charge on any atom is 0.171 e. The van der Waals surface area contributed by atoms with Gasteiger partial charge >= 0.3 is 0 Å². The van der Waals surface area contributed by atoms with Gasteiger partial charge in [-0.2, -0.15) is 0 Å². The predicted octanol–water partition coefficient (Wildman–Crippen LogP) is 1.67. The fraction of sp³-hybridized carbons (Fsp3) is 0.333. The van der Waals surface area contributed by atoms with E-state index in [1.807, 2.05) is 37.3 Å². The Bertz CT molecular complexity index is 437. The van der Waals surface area contributed by atoms with Crippen molar-refractivity contribution in [1.29, 1.82) is 0 Å². The van der Waals surface area contributed by atoms with Crippen molar-refractivity contribution in [3.8, 4) is 0 Å². The lowest BCUT2D eigenvalue weighted by molar-refractivity contribution is 0.582. The number of nitrogens with two attached hydrogens (primary N) is 1. The maximum absolute atomic E-state index is 11.6. The van der Waals surface area contributed by atoms with Gasteiger partial charge in [0, 0.05) is 5.41 Å². The molecule has 0 saturated carbocycles. The molecule has 0 aliphatic rings. The summed E-state index contributed by atoms with van der Waals surface area (Å²) in [6.45, 7) is 2.21. The Morgan fingerprint density at radius 2 is 1.94 bits per heavy atom. The van der Waals surface area contributed by atoms with Crippen LogP contribution in [0.2, 0.25) is 0 Å². The minimum atomic E-state index is -3.15. The molecule has 0 radical (unpaired) electrons. The standard InChI is InChI=1S/C12H17NO2S/c1-11(9-13)10-16(14,15)8-7-12-5-3-2-4-6-12/h2-8,11H,9-10,13H2,1H3. The molecule has 0 heterocycles. The third-order valence-corrected chi connectivity index (χ3v) is 3.77. The van der Waals surface area contributed by atoms with Gasteiger partial charge in [0.2, 0.25) is 0 Å². The van der Waals surface area contributed by atoms with Gasteiger partial charge in [0.15, 0.2) is 9.84 Å². The minimum absolute atomic E-state index is 0.00887. The first-order valence-corrected chi connectivity index (χ1v) is 6.91. The van der Waals surface area contributed by atoms with E-state index < -0.39 is 9.84 Å². The molecule has 1 aromatic rings. The molecule has 1 aromatic carbocycles. The molecule has 3 nitrogen and oxygen atoms in total. The Morgan fingerprint density at radius 1 is 1.31 bits per heavy atom. The van der Waals surface area contributed by atoms with Gasteiger partial charge in [0.25, 0.3) is 0 Å². The quantitative estimate of drug-likeness (QED) is 0.850. The van der Waals surface area contributed by atoms with Crippen molar-refractivity contribution < 1.29 is 8.42 Å². The predicted molar refractivity (Wildman–Crippen MR) is 67.5 cm³/mol. The zero-order valence-electron chi connectivity index (χ0n) is 9.34. The van der Waals surface area contributed by atoms with Gasteiger partial charge in [-0.3, -0.25) is 0 Å². The number of rotatable bonds is 5. The second-order valence-electron chi connectivity index (χ2n) is 3.88. The molecule has 0 amide bonds. The van der Waals surface area contributed by atoms with Crippen LogP contribution in [0.4, 0.5) is 0 Å². The summed E-state index contributed by atoms with van der Waals surface area (Å²) in [4.78, 5) is 0. The fourth-order valence-corrected chi connectivity index (χ4v) is 2.67. The highest BCUT2D eigenvalue weighted by Gasteiger charge is 2.10. The van der Waals surface area contributed by atoms with Gasteiger partial charge in [-0.1, -0.05) is 37.3 Å². The van der Waals surface area contributed by atoms with Crippen LogP contribution in [0, 0.1) is 5.92 Å². The van der Waals surface area contributed by atoms with Crippen LogP contribution in [-0.2, 0) is 9.84 Å². The second kappa shape index (κ2) is 5.82. The normalized spacial score (nSPS) is 14.1. The Balaban J connectivity index is 2.70. The van der Waals surface area contributed by atoms with Crippen molar-refractivity contribution in [2.45, 2.75) is 6.92 Å². The van der Waals surface area contributed by atoms with E-state index >= 15 is 0 Å². The first kappa shape index (κ1) is 12.9. The molecule has 88 valence electrons. The van der Waals surface area contributed by atoms with Crippen LogP contribution in [0.15, 0.2) is 35.7 Å². The molecule has 1 atom stereocenters. The van der Waals surface area contributed by atoms with Gasteiger partial charge < -0.3 is 5.73 Å². The number of hydrogen-bond acceptors (Lipinski definition) is 3. The Labute approximate surface area is 96.9 Å². The smallest absolute Gasteiger partial charge is 0.171 e. The van der Waals surface area contributed by atoms with Crippen LogP contribution in [0.3, 0.4) is 0 Å². The van der Waals surface area contributed by atoms with Crippen LogP contribution in [0.1, 0.15) is 12.5 Å². The first-order valence-electron chi connectivity index (χ1n) is 5.19. The number of benzene rings is 1. The lowest BCUT2D eigenvalue weighted by atomic mass is 10.2. The molecule has 2 N–H and O–H groups in total. The Kier molecular flexibility index (Phi) is 4.71. The van der Waals surface area contributed by atoms with Crippen molar-refractivity contribution in [3.63, 3.8) is 0 Å². The van der Waals surface area contributed by atoms with Crippen LogP contribution >= 0.6 is 0 Å². The van der Waals surface area contributed by atoms with E-state index in [-0.39, 0.29) is 11.7 Å². The summed E-state index contributed by atoms with van der Waals surface area (Å²) >= 11 is 0. The van der Waals surface area contributed by atoms with Crippen molar-refractivity contribution in [2.75, 3.05) is 12.3 Å². The van der Waals surface area contributed by atoms with Gasteiger partial charge in [0.1, 0.15) is 0 Å². The molecule has 0 aliphatic heterocycles. The second-order valence-corrected chi connectivity index (χ2v) is 5.82. The zero-order valence-corrected chi connectivity index (χ0v) is 10.2. The Hall–Kier alpha value is -1.13.